The molecule has 0 aliphatic rings. The van der Waals surface area contributed by atoms with Gasteiger partial charge in [-0.15, -0.1) is 0 Å². The summed E-state index contributed by atoms with van der Waals surface area (Å²) in [5.41, 5.74) is 6.22. The van der Waals surface area contributed by atoms with Crippen molar-refractivity contribution in [2.24, 2.45) is 5.73 Å². The molecule has 8 heteroatoms. The summed E-state index contributed by atoms with van der Waals surface area (Å²) in [6.45, 7) is 1.63. The van der Waals surface area contributed by atoms with Crippen molar-refractivity contribution in [1.29, 1.82) is 0 Å². The van der Waals surface area contributed by atoms with Gasteiger partial charge in [0.25, 0.3) is 5.88 Å². The van der Waals surface area contributed by atoms with Crippen LogP contribution in [0.1, 0.15) is 12.5 Å². The van der Waals surface area contributed by atoms with Gasteiger partial charge < -0.3 is 20.3 Å². The summed E-state index contributed by atoms with van der Waals surface area (Å²) in [5, 5.41) is 12.0. The van der Waals surface area contributed by atoms with E-state index in [2.05, 4.69) is 4.98 Å². The normalized spacial score (nSPS) is 11.4. The highest BCUT2D eigenvalue weighted by Crippen LogP contribution is 2.34. The van der Waals surface area contributed by atoms with Crippen molar-refractivity contribution in [2.45, 2.75) is 19.6 Å². The number of hydrogen-bond donors (Lipinski definition) is 3. The first-order valence-electron chi connectivity index (χ1n) is 7.10. The van der Waals surface area contributed by atoms with Crippen LogP contribution in [0.3, 0.4) is 0 Å². The third-order valence-corrected chi connectivity index (χ3v) is 2.92. The Morgan fingerprint density at radius 3 is 2.67 bits per heavy atom. The Morgan fingerprint density at radius 1 is 1.29 bits per heavy atom. The van der Waals surface area contributed by atoms with E-state index < -0.39 is 23.8 Å². The van der Waals surface area contributed by atoms with Crippen LogP contribution >= 0.6 is 0 Å². The fourth-order valence-electron chi connectivity index (χ4n) is 1.67. The molecule has 0 spiro atoms. The van der Waals surface area contributed by atoms with Gasteiger partial charge in [0.2, 0.25) is 11.7 Å². The zero-order chi connectivity index (χ0) is 17.5. The van der Waals surface area contributed by atoms with Gasteiger partial charge in [-0.1, -0.05) is 30.3 Å². The monoisotopic (exact) mass is 331 g/mol. The number of benzene rings is 1. The lowest BCUT2D eigenvalue weighted by Crippen LogP contribution is -2.42. The van der Waals surface area contributed by atoms with E-state index in [1.54, 1.807) is 0 Å². The summed E-state index contributed by atoms with van der Waals surface area (Å²) in [6, 6.07) is 9.88. The molecule has 4 N–H and O–H groups in total. The van der Waals surface area contributed by atoms with Gasteiger partial charge in [-0.3, -0.25) is 10.1 Å². The number of ether oxygens (including phenoxy) is 2. The van der Waals surface area contributed by atoms with Crippen LogP contribution in [-0.2, 0) is 11.4 Å². The van der Waals surface area contributed by atoms with Gasteiger partial charge in [0.15, 0.2) is 5.75 Å². The Kier molecular flexibility index (Phi) is 5.69. The smallest absolute Gasteiger partial charge is 0.420 e. The standard InChI is InChI=1S/C16H17N3O5/c1-10(17)14(21)19-16(22)24-15-13(20)12(7-8-18-15)23-9-11-5-3-2-4-6-11/h2-8,10,20H,9,17H2,1H3,(H,19,21,22)/t10-/m0/s1. The first kappa shape index (κ1) is 17.2. The minimum Gasteiger partial charge on any atom is -0.501 e. The zero-order valence-corrected chi connectivity index (χ0v) is 12.9. The molecule has 126 valence electrons. The number of carbonyl (C=O) groups is 2. The fraction of sp³-hybridized carbons (Fsp3) is 0.188. The number of amides is 2. The highest BCUT2D eigenvalue weighted by Gasteiger charge is 2.18. The van der Waals surface area contributed by atoms with Gasteiger partial charge in [-0.25, -0.2) is 9.78 Å². The van der Waals surface area contributed by atoms with Crippen LogP contribution < -0.4 is 20.5 Å². The molecule has 0 bridgehead atoms. The third kappa shape index (κ3) is 4.68. The average molecular weight is 331 g/mol. The number of nitrogens with one attached hydrogen (secondary N) is 1. The molecule has 1 atom stereocenters. The Balaban J connectivity index is 2.02. The highest BCUT2D eigenvalue weighted by molar-refractivity contribution is 5.95. The maximum atomic E-state index is 11.6. The Morgan fingerprint density at radius 2 is 2.00 bits per heavy atom. The fourth-order valence-corrected chi connectivity index (χ4v) is 1.67. The first-order valence-corrected chi connectivity index (χ1v) is 7.10. The summed E-state index contributed by atoms with van der Waals surface area (Å²) in [6.07, 6.45) is 0.205. The van der Waals surface area contributed by atoms with Gasteiger partial charge in [-0.2, -0.15) is 0 Å². The molecule has 0 aliphatic heterocycles. The number of carbonyl (C=O) groups excluding carboxylic acids is 2. The number of rotatable bonds is 5. The third-order valence-electron chi connectivity index (χ3n) is 2.92. The molecule has 0 radical (unpaired) electrons. The van der Waals surface area contributed by atoms with Crippen LogP contribution in [0.2, 0.25) is 0 Å². The lowest BCUT2D eigenvalue weighted by molar-refractivity contribution is -0.121. The van der Waals surface area contributed by atoms with E-state index in [1.807, 2.05) is 35.6 Å². The summed E-state index contributed by atoms with van der Waals surface area (Å²) < 4.78 is 10.3. The van der Waals surface area contributed by atoms with E-state index in [1.165, 1.54) is 19.2 Å². The number of pyridine rings is 1. The van der Waals surface area contributed by atoms with Crippen molar-refractivity contribution >= 4 is 12.0 Å². The summed E-state index contributed by atoms with van der Waals surface area (Å²) >= 11 is 0. The summed E-state index contributed by atoms with van der Waals surface area (Å²) in [7, 11) is 0. The minimum atomic E-state index is -1.10. The molecular weight excluding hydrogens is 314 g/mol. The van der Waals surface area contributed by atoms with Crippen molar-refractivity contribution in [3.63, 3.8) is 0 Å². The molecule has 8 nitrogen and oxygen atoms in total. The minimum absolute atomic E-state index is 0.0928. The van der Waals surface area contributed by atoms with Crippen molar-refractivity contribution < 1.29 is 24.2 Å². The first-order chi connectivity index (χ1) is 11.5. The number of nitrogens with zero attached hydrogens (tertiary/aromatic N) is 1. The molecule has 24 heavy (non-hydrogen) atoms. The number of aromatic nitrogens is 1. The molecule has 1 aromatic heterocycles. The summed E-state index contributed by atoms with van der Waals surface area (Å²) in [4.78, 5) is 26.6. The van der Waals surface area contributed by atoms with Crippen LogP contribution in [-0.4, -0.2) is 28.1 Å². The Hall–Kier alpha value is -3.13. The van der Waals surface area contributed by atoms with E-state index in [-0.39, 0.29) is 18.2 Å². The molecule has 0 fully saturated rings. The number of aromatic hydroxyl groups is 1. The Bertz CT molecular complexity index is 719. The zero-order valence-electron chi connectivity index (χ0n) is 12.9. The van der Waals surface area contributed by atoms with Crippen LogP contribution in [0.4, 0.5) is 4.79 Å². The molecular formula is C16H17N3O5. The van der Waals surface area contributed by atoms with Crippen molar-refractivity contribution in [3.05, 3.63) is 48.2 Å². The maximum Gasteiger partial charge on any atom is 0.420 e. The molecule has 0 saturated carbocycles. The molecule has 1 aromatic carbocycles. The van der Waals surface area contributed by atoms with Crippen molar-refractivity contribution in [3.8, 4) is 17.4 Å². The predicted molar refractivity (Wildman–Crippen MR) is 84.5 cm³/mol. The molecule has 1 heterocycles. The second-order valence-corrected chi connectivity index (χ2v) is 4.90. The number of imide groups is 1. The van der Waals surface area contributed by atoms with E-state index in [4.69, 9.17) is 15.2 Å². The molecule has 0 unspecified atom stereocenters. The lowest BCUT2D eigenvalue weighted by atomic mass is 10.2. The van der Waals surface area contributed by atoms with E-state index >= 15 is 0 Å². The quantitative estimate of drug-likeness (QED) is 0.755. The SMILES string of the molecule is C[C@H](N)C(=O)NC(=O)Oc1nccc(OCc2ccccc2)c1O. The predicted octanol–water partition coefficient (Wildman–Crippen LogP) is 1.33. The van der Waals surface area contributed by atoms with Crippen LogP contribution in [0, 0.1) is 0 Å². The molecule has 2 amide bonds. The van der Waals surface area contributed by atoms with Gasteiger partial charge in [-0.05, 0) is 12.5 Å². The highest BCUT2D eigenvalue weighted by atomic mass is 16.6. The average Bonchev–Trinajstić information content (AvgIpc) is 2.56. The maximum absolute atomic E-state index is 11.6. The van der Waals surface area contributed by atoms with E-state index in [0.29, 0.717) is 0 Å². The van der Waals surface area contributed by atoms with Crippen LogP contribution in [0.25, 0.3) is 0 Å². The van der Waals surface area contributed by atoms with Crippen LogP contribution in [0.15, 0.2) is 42.6 Å². The van der Waals surface area contributed by atoms with Crippen molar-refractivity contribution in [2.75, 3.05) is 0 Å². The van der Waals surface area contributed by atoms with Crippen LogP contribution in [0.5, 0.6) is 17.4 Å². The largest absolute Gasteiger partial charge is 0.501 e. The van der Waals surface area contributed by atoms with Gasteiger partial charge in [0, 0.05) is 12.3 Å². The number of hydrogen-bond acceptors (Lipinski definition) is 7. The number of nitrogens with two attached hydrogens (primary N) is 1. The molecule has 0 saturated heterocycles. The van der Waals surface area contributed by atoms with Gasteiger partial charge in [0.1, 0.15) is 6.61 Å². The van der Waals surface area contributed by atoms with Gasteiger partial charge in [0.05, 0.1) is 6.04 Å². The molecule has 2 rings (SSSR count). The second-order valence-electron chi connectivity index (χ2n) is 4.90. The Labute approximate surface area is 138 Å². The lowest BCUT2D eigenvalue weighted by Gasteiger charge is -2.11. The van der Waals surface area contributed by atoms with Crippen molar-refractivity contribution in [1.82, 2.24) is 10.3 Å². The van der Waals surface area contributed by atoms with Gasteiger partial charge >= 0.3 is 6.09 Å². The molecule has 0 aliphatic carbocycles. The van der Waals surface area contributed by atoms with E-state index in [9.17, 15) is 14.7 Å². The second kappa shape index (κ2) is 7.93. The topological polar surface area (TPSA) is 124 Å². The van der Waals surface area contributed by atoms with E-state index in [0.717, 1.165) is 5.56 Å². The molecule has 2 aromatic rings. The summed E-state index contributed by atoms with van der Waals surface area (Å²) in [5.74, 6) is -1.45.